The van der Waals surface area contributed by atoms with Crippen LogP contribution in [0.25, 0.3) is 0 Å². The number of carbonyl (C=O) groups excluding carboxylic acids is 2. The molecule has 0 radical (unpaired) electrons. The molecule has 5 nitrogen and oxygen atoms in total. The molecule has 0 bridgehead atoms. The Kier molecular flexibility index (Phi) is 2.19. The highest BCUT2D eigenvalue weighted by Crippen LogP contribution is 2.28. The van der Waals surface area contributed by atoms with Gasteiger partial charge in [0.25, 0.3) is 11.8 Å². The van der Waals surface area contributed by atoms with E-state index in [2.05, 4.69) is 4.98 Å². The smallest absolute Gasteiger partial charge is 0.263 e. The number of rotatable bonds is 2. The molecular weight excluding hydrogens is 230 g/mol. The summed E-state index contributed by atoms with van der Waals surface area (Å²) in [6.07, 6.45) is 3.51. The maximum absolute atomic E-state index is 12.2. The minimum absolute atomic E-state index is 0.259. The fraction of sp³-hybridized carbons (Fsp3) is 0.0769. The van der Waals surface area contributed by atoms with Crippen LogP contribution in [0.4, 0.5) is 5.69 Å². The van der Waals surface area contributed by atoms with Gasteiger partial charge in [-0.3, -0.25) is 14.5 Å². The van der Waals surface area contributed by atoms with Crippen LogP contribution >= 0.6 is 0 Å². The predicted octanol–water partition coefficient (Wildman–Crippen LogP) is 1.39. The van der Waals surface area contributed by atoms with Crippen molar-refractivity contribution >= 4 is 17.5 Å². The Labute approximate surface area is 103 Å². The highest BCUT2D eigenvalue weighted by atomic mass is 16.2. The number of anilines is 1. The molecule has 0 saturated heterocycles. The molecule has 5 heteroatoms. The third kappa shape index (κ3) is 1.41. The van der Waals surface area contributed by atoms with Gasteiger partial charge in [-0.05, 0) is 23.8 Å². The molecule has 2 heterocycles. The number of nitrogens with two attached hydrogens (primary N) is 1. The molecule has 2 amide bonds. The van der Waals surface area contributed by atoms with E-state index in [1.165, 1.54) is 4.90 Å². The standard InChI is InChI=1S/C13H11N3O2/c14-10-3-1-2-9-11(10)13(18)16(12(9)17)7-8-4-5-15-6-8/h1-6,15H,7,14H2. The van der Waals surface area contributed by atoms with Crippen molar-refractivity contribution in [2.24, 2.45) is 0 Å². The molecule has 2 aromatic rings. The van der Waals surface area contributed by atoms with Gasteiger partial charge in [0.2, 0.25) is 0 Å². The van der Waals surface area contributed by atoms with Gasteiger partial charge in [-0.15, -0.1) is 0 Å². The lowest BCUT2D eigenvalue weighted by atomic mass is 10.1. The summed E-state index contributed by atoms with van der Waals surface area (Å²) in [5.41, 5.74) is 7.68. The summed E-state index contributed by atoms with van der Waals surface area (Å²) in [7, 11) is 0. The lowest BCUT2D eigenvalue weighted by molar-refractivity contribution is 0.0643. The molecule has 1 aromatic carbocycles. The van der Waals surface area contributed by atoms with Gasteiger partial charge in [0.1, 0.15) is 0 Å². The molecule has 90 valence electrons. The second-order valence-corrected chi connectivity index (χ2v) is 4.19. The quantitative estimate of drug-likeness (QED) is 0.616. The molecule has 3 rings (SSSR count). The largest absolute Gasteiger partial charge is 0.398 e. The van der Waals surface area contributed by atoms with Crippen molar-refractivity contribution < 1.29 is 9.59 Å². The van der Waals surface area contributed by atoms with Gasteiger partial charge in [-0.2, -0.15) is 0 Å². The molecule has 0 fully saturated rings. The maximum atomic E-state index is 12.2. The van der Waals surface area contributed by atoms with Crippen LogP contribution < -0.4 is 5.73 Å². The van der Waals surface area contributed by atoms with Crippen LogP contribution in [-0.4, -0.2) is 21.7 Å². The van der Waals surface area contributed by atoms with E-state index in [1.54, 1.807) is 30.6 Å². The van der Waals surface area contributed by atoms with Crippen LogP contribution in [0.2, 0.25) is 0 Å². The first-order valence-electron chi connectivity index (χ1n) is 5.55. The van der Waals surface area contributed by atoms with Crippen molar-refractivity contribution in [3.05, 3.63) is 53.3 Å². The number of H-pyrrole nitrogens is 1. The third-order valence-electron chi connectivity index (χ3n) is 3.03. The van der Waals surface area contributed by atoms with Crippen molar-refractivity contribution in [3.63, 3.8) is 0 Å². The Hall–Kier alpha value is -2.56. The fourth-order valence-corrected chi connectivity index (χ4v) is 2.14. The van der Waals surface area contributed by atoms with E-state index in [4.69, 9.17) is 5.73 Å². The molecule has 3 N–H and O–H groups in total. The summed E-state index contributed by atoms with van der Waals surface area (Å²) in [6, 6.07) is 6.76. The highest BCUT2D eigenvalue weighted by Gasteiger charge is 2.36. The van der Waals surface area contributed by atoms with Crippen LogP contribution in [0.1, 0.15) is 26.3 Å². The number of imide groups is 1. The van der Waals surface area contributed by atoms with Crippen molar-refractivity contribution in [1.82, 2.24) is 9.88 Å². The first kappa shape index (κ1) is 10.6. The number of nitrogen functional groups attached to an aromatic ring is 1. The summed E-state index contributed by atoms with van der Waals surface area (Å²) in [5, 5.41) is 0. The average Bonchev–Trinajstić information content (AvgIpc) is 2.94. The monoisotopic (exact) mass is 241 g/mol. The van der Waals surface area contributed by atoms with Crippen molar-refractivity contribution in [2.75, 3.05) is 5.73 Å². The number of nitrogens with one attached hydrogen (secondary N) is 1. The number of aromatic nitrogens is 1. The normalized spacial score (nSPS) is 14.1. The van der Waals surface area contributed by atoms with E-state index in [0.29, 0.717) is 16.8 Å². The number of hydrogen-bond donors (Lipinski definition) is 2. The summed E-state index contributed by atoms with van der Waals surface area (Å²) in [4.78, 5) is 28.4. The van der Waals surface area contributed by atoms with E-state index in [9.17, 15) is 9.59 Å². The average molecular weight is 241 g/mol. The van der Waals surface area contributed by atoms with Gasteiger partial charge < -0.3 is 10.7 Å². The Morgan fingerprint density at radius 1 is 1.17 bits per heavy atom. The Bertz CT molecular complexity index is 632. The zero-order valence-corrected chi connectivity index (χ0v) is 9.51. The number of fused-ring (bicyclic) bond motifs is 1. The van der Waals surface area contributed by atoms with E-state index in [1.807, 2.05) is 6.07 Å². The van der Waals surface area contributed by atoms with E-state index < -0.39 is 0 Å². The van der Waals surface area contributed by atoms with Gasteiger partial charge in [0.05, 0.1) is 17.7 Å². The van der Waals surface area contributed by atoms with E-state index >= 15 is 0 Å². The second kappa shape index (κ2) is 3.73. The van der Waals surface area contributed by atoms with Gasteiger partial charge >= 0.3 is 0 Å². The lowest BCUT2D eigenvalue weighted by Crippen LogP contribution is -2.29. The van der Waals surface area contributed by atoms with Gasteiger partial charge in [0, 0.05) is 18.1 Å². The first-order valence-corrected chi connectivity index (χ1v) is 5.55. The van der Waals surface area contributed by atoms with Crippen LogP contribution in [0, 0.1) is 0 Å². The Morgan fingerprint density at radius 2 is 2.00 bits per heavy atom. The number of benzene rings is 1. The third-order valence-corrected chi connectivity index (χ3v) is 3.03. The molecule has 18 heavy (non-hydrogen) atoms. The minimum atomic E-state index is -0.325. The van der Waals surface area contributed by atoms with Gasteiger partial charge in [0.15, 0.2) is 0 Å². The molecule has 0 aliphatic carbocycles. The van der Waals surface area contributed by atoms with E-state index in [0.717, 1.165) is 5.56 Å². The molecule has 1 aliphatic rings. The van der Waals surface area contributed by atoms with Gasteiger partial charge in [-0.25, -0.2) is 0 Å². The summed E-state index contributed by atoms with van der Waals surface area (Å²) < 4.78 is 0. The Balaban J connectivity index is 2.00. The number of carbonyl (C=O) groups is 2. The topological polar surface area (TPSA) is 79.2 Å². The maximum Gasteiger partial charge on any atom is 0.263 e. The summed E-state index contributed by atoms with van der Waals surface area (Å²) in [5.74, 6) is -0.613. The van der Waals surface area contributed by atoms with E-state index in [-0.39, 0.29) is 18.4 Å². The minimum Gasteiger partial charge on any atom is -0.398 e. The molecule has 0 saturated carbocycles. The van der Waals surface area contributed by atoms with Gasteiger partial charge in [-0.1, -0.05) is 6.07 Å². The predicted molar refractivity (Wildman–Crippen MR) is 65.9 cm³/mol. The summed E-state index contributed by atoms with van der Waals surface area (Å²) >= 11 is 0. The molecule has 0 spiro atoms. The zero-order chi connectivity index (χ0) is 12.7. The van der Waals surface area contributed by atoms with Crippen molar-refractivity contribution in [2.45, 2.75) is 6.54 Å². The number of amides is 2. The lowest BCUT2D eigenvalue weighted by Gasteiger charge is -2.12. The zero-order valence-electron chi connectivity index (χ0n) is 9.51. The summed E-state index contributed by atoms with van der Waals surface area (Å²) in [6.45, 7) is 0.259. The van der Waals surface area contributed by atoms with Crippen molar-refractivity contribution in [3.8, 4) is 0 Å². The molecule has 1 aromatic heterocycles. The number of aromatic amines is 1. The van der Waals surface area contributed by atoms with Crippen LogP contribution in [0.15, 0.2) is 36.7 Å². The number of hydrogen-bond acceptors (Lipinski definition) is 3. The first-order chi connectivity index (χ1) is 8.68. The van der Waals surface area contributed by atoms with Crippen LogP contribution in [0.3, 0.4) is 0 Å². The number of nitrogens with zero attached hydrogens (tertiary/aromatic N) is 1. The molecule has 0 unspecified atom stereocenters. The SMILES string of the molecule is Nc1cccc2c1C(=O)N(Cc1cc[nH]c1)C2=O. The molecule has 1 aliphatic heterocycles. The molecule has 0 atom stereocenters. The van der Waals surface area contributed by atoms with Crippen molar-refractivity contribution in [1.29, 1.82) is 0 Å². The fourth-order valence-electron chi connectivity index (χ4n) is 2.14. The molecular formula is C13H11N3O2. The highest BCUT2D eigenvalue weighted by molar-refractivity contribution is 6.23. The Morgan fingerprint density at radius 3 is 2.67 bits per heavy atom. The second-order valence-electron chi connectivity index (χ2n) is 4.19. The van der Waals surface area contributed by atoms with Crippen LogP contribution in [0.5, 0.6) is 0 Å². The van der Waals surface area contributed by atoms with Crippen LogP contribution in [-0.2, 0) is 6.54 Å².